The number of hydrogen-bond acceptors (Lipinski definition) is 3. The van der Waals surface area contributed by atoms with Crippen molar-refractivity contribution in [2.45, 2.75) is 41.5 Å². The number of nitrogens with zero attached hydrogens (tertiary/aromatic N) is 3. The molecule has 0 saturated carbocycles. The number of hydrogen-bond donors (Lipinski definition) is 0. The molecule has 294 valence electrons. The summed E-state index contributed by atoms with van der Waals surface area (Å²) in [6.45, 7) is 16.2. The van der Waals surface area contributed by atoms with Gasteiger partial charge in [0.2, 0.25) is 0 Å². The van der Waals surface area contributed by atoms with Gasteiger partial charge in [-0.05, 0) is 42.3 Å². The Hall–Kier alpha value is -0.617. The van der Waals surface area contributed by atoms with Crippen molar-refractivity contribution in [1.82, 2.24) is 14.7 Å². The molecule has 0 heterocycles. The van der Waals surface area contributed by atoms with Crippen molar-refractivity contribution in [3.63, 3.8) is 0 Å². The third-order valence-electron chi connectivity index (χ3n) is 6.54. The maximum absolute atomic E-state index is 2.16. The van der Waals surface area contributed by atoms with Crippen LogP contribution in [0, 0.1) is 17.8 Å². The largest absolute Gasteiger partial charge is 2.00 e. The smallest absolute Gasteiger partial charge is 1.00 e. The third kappa shape index (κ3) is 33.5. The monoisotopic (exact) mass is 894 g/mol. The summed E-state index contributed by atoms with van der Waals surface area (Å²) in [5.41, 5.74) is 0. The van der Waals surface area contributed by atoms with Crippen molar-refractivity contribution in [2.75, 3.05) is 61.9 Å². The van der Waals surface area contributed by atoms with E-state index in [1.54, 1.807) is 0 Å². The van der Waals surface area contributed by atoms with E-state index in [1.165, 1.54) is 50.1 Å². The van der Waals surface area contributed by atoms with Crippen LogP contribution < -0.4 is 37.2 Å². The van der Waals surface area contributed by atoms with E-state index in [4.69, 9.17) is 0 Å². The minimum Gasteiger partial charge on any atom is -1.00 e. The Bertz CT molecular complexity index is 1310. The van der Waals surface area contributed by atoms with Gasteiger partial charge in [0.05, 0.1) is 0 Å². The van der Waals surface area contributed by atoms with Crippen LogP contribution in [0.4, 0.5) is 0 Å². The summed E-state index contributed by atoms with van der Waals surface area (Å²) in [5.74, 6) is 4.39. The van der Waals surface area contributed by atoms with E-state index in [0.29, 0.717) is 0 Å². The van der Waals surface area contributed by atoms with Gasteiger partial charge in [-0.3, -0.25) is 0 Å². The molecule has 6 aromatic rings. The van der Waals surface area contributed by atoms with Crippen molar-refractivity contribution >= 4 is 32.3 Å². The normalized spacial score (nSPS) is 9.44. The zero-order valence-electron chi connectivity index (χ0n) is 34.7. The minimum atomic E-state index is 0. The molecule has 0 amide bonds. The van der Waals surface area contributed by atoms with Gasteiger partial charge in [-0.25, -0.2) is 0 Å². The maximum atomic E-state index is 2.16. The van der Waals surface area contributed by atoms with Crippen molar-refractivity contribution in [3.05, 3.63) is 145 Å². The Labute approximate surface area is 394 Å². The Kier molecular flexibility index (Phi) is 47.4. The molecule has 0 unspecified atom stereocenters. The molecular formula is C45H63Cl3N3Ti3-3. The molecule has 3 nitrogen and oxygen atoms in total. The summed E-state index contributed by atoms with van der Waals surface area (Å²) in [6, 6.07) is 44.0. The van der Waals surface area contributed by atoms with Gasteiger partial charge < -0.3 is 69.7 Å². The van der Waals surface area contributed by atoms with Gasteiger partial charge in [-0.15, -0.1) is 109 Å². The average Bonchev–Trinajstić information content (AvgIpc) is 3.77. The standard InChI is InChI=1S/3C9H7.3C6H14N.3ClH.3Ti/c3*1-2-5-9-7-3-6-8(9)4-1;3*1-6(2)5-7(3)4;;;;;;/h3*1-7H;3*5H2,1-4H3;3*1H;;;/q6*-1;;;;3*+2/p-3. The van der Waals surface area contributed by atoms with Crippen LogP contribution in [-0.2, 0) is 65.2 Å². The van der Waals surface area contributed by atoms with E-state index >= 15 is 0 Å². The molecule has 0 atom stereocenters. The summed E-state index contributed by atoms with van der Waals surface area (Å²) in [5, 5.41) is 7.99. The van der Waals surface area contributed by atoms with Crippen molar-refractivity contribution in [3.8, 4) is 0 Å². The Morgan fingerprint density at radius 1 is 0.370 bits per heavy atom. The van der Waals surface area contributed by atoms with Crippen LogP contribution >= 0.6 is 0 Å². The molecule has 0 fully saturated rings. The van der Waals surface area contributed by atoms with Gasteiger partial charge in [0.15, 0.2) is 0 Å². The predicted octanol–water partition coefficient (Wildman–Crippen LogP) is 2.17. The van der Waals surface area contributed by atoms with Crippen LogP contribution in [0.2, 0.25) is 0 Å². The molecular weight excluding hydrogens is 832 g/mol. The van der Waals surface area contributed by atoms with Gasteiger partial charge in [-0.2, -0.15) is 94.1 Å². The minimum absolute atomic E-state index is 0. The molecule has 6 aromatic carbocycles. The fourth-order valence-corrected chi connectivity index (χ4v) is 5.11. The van der Waals surface area contributed by atoms with Gasteiger partial charge in [0.1, 0.15) is 0 Å². The van der Waals surface area contributed by atoms with Gasteiger partial charge in [0.25, 0.3) is 0 Å². The van der Waals surface area contributed by atoms with E-state index in [9.17, 15) is 0 Å². The van der Waals surface area contributed by atoms with Crippen LogP contribution in [0.3, 0.4) is 0 Å². The predicted molar refractivity (Wildman–Crippen MR) is 218 cm³/mol. The summed E-state index contributed by atoms with van der Waals surface area (Å²) >= 11 is 0. The Balaban J connectivity index is -0.000000126. The zero-order chi connectivity index (χ0) is 35.9. The molecule has 0 aromatic heterocycles. The zero-order valence-corrected chi connectivity index (χ0v) is 41.7. The van der Waals surface area contributed by atoms with E-state index in [0.717, 1.165) is 19.6 Å². The van der Waals surface area contributed by atoms with Gasteiger partial charge in [-0.1, -0.05) is 18.2 Å². The molecule has 0 aliphatic carbocycles. The molecule has 0 saturated heterocycles. The third-order valence-corrected chi connectivity index (χ3v) is 6.54. The summed E-state index contributed by atoms with van der Waals surface area (Å²) in [6.07, 6.45) is 0. The summed E-state index contributed by atoms with van der Waals surface area (Å²) in [4.78, 5) is 6.49. The van der Waals surface area contributed by atoms with E-state index in [2.05, 4.69) is 226 Å². The van der Waals surface area contributed by atoms with E-state index in [1.807, 2.05) is 0 Å². The number of rotatable bonds is 6. The first-order valence-corrected chi connectivity index (χ1v) is 16.9. The first-order valence-electron chi connectivity index (χ1n) is 16.9. The molecule has 0 bridgehead atoms. The number of fused-ring (bicyclic) bond motifs is 3. The van der Waals surface area contributed by atoms with Crippen molar-refractivity contribution in [1.29, 1.82) is 0 Å². The van der Waals surface area contributed by atoms with Crippen LogP contribution in [0.15, 0.2) is 127 Å². The first-order chi connectivity index (χ1) is 22.8. The Morgan fingerprint density at radius 2 is 0.574 bits per heavy atom. The topological polar surface area (TPSA) is 9.72 Å². The first kappa shape index (κ1) is 65.2. The molecule has 0 aliphatic rings. The van der Waals surface area contributed by atoms with E-state index in [-0.39, 0.29) is 102 Å². The van der Waals surface area contributed by atoms with Gasteiger partial charge in [0, 0.05) is 0 Å². The molecule has 54 heavy (non-hydrogen) atoms. The molecule has 9 heteroatoms. The average molecular weight is 896 g/mol. The fraction of sp³-hybridized carbons (Fsp3) is 0.333. The molecule has 0 N–H and O–H groups in total. The second-order valence-electron chi connectivity index (χ2n) is 13.8. The van der Waals surface area contributed by atoms with Crippen LogP contribution in [0.5, 0.6) is 0 Å². The van der Waals surface area contributed by atoms with Gasteiger partial charge >= 0.3 is 65.2 Å². The SMILES string of the molecule is C[C-](C)CN(C)C.C[C-](C)CN(C)C.C[C-](C)CN(C)C.[Cl-].[Cl-].[Cl-].[Ti+2].[Ti+2].[Ti+2].c1ccc2[cH-]ccc2c1.c1ccc2[cH-]ccc2c1.c1ccc2[cH-]ccc2c1. The van der Waals surface area contributed by atoms with Crippen molar-refractivity contribution < 1.29 is 102 Å². The van der Waals surface area contributed by atoms with Crippen LogP contribution in [0.25, 0.3) is 32.3 Å². The molecule has 0 spiro atoms. The molecule has 0 radical (unpaired) electrons. The molecule has 0 aliphatic heterocycles. The molecule has 6 rings (SSSR count). The van der Waals surface area contributed by atoms with Crippen LogP contribution in [0.1, 0.15) is 41.5 Å². The Morgan fingerprint density at radius 3 is 0.722 bits per heavy atom. The quantitative estimate of drug-likeness (QED) is 0.188. The van der Waals surface area contributed by atoms with Crippen molar-refractivity contribution in [2.24, 2.45) is 0 Å². The summed E-state index contributed by atoms with van der Waals surface area (Å²) < 4.78 is 0. The maximum Gasteiger partial charge on any atom is 2.00 e. The van der Waals surface area contributed by atoms with E-state index < -0.39 is 0 Å². The second-order valence-corrected chi connectivity index (χ2v) is 13.8. The number of halogens is 3. The number of benzene rings is 3. The summed E-state index contributed by atoms with van der Waals surface area (Å²) in [7, 11) is 12.5. The fourth-order valence-electron chi connectivity index (χ4n) is 5.11. The van der Waals surface area contributed by atoms with Crippen LogP contribution in [-0.4, -0.2) is 76.6 Å². The second kappa shape index (κ2) is 39.2.